The van der Waals surface area contributed by atoms with Crippen LogP contribution in [0.2, 0.25) is 0 Å². The summed E-state index contributed by atoms with van der Waals surface area (Å²) >= 11 is 7.20. The Kier molecular flexibility index (Phi) is 6.13. The second-order valence-electron chi connectivity index (χ2n) is 8.78. The molecule has 3 aromatic carbocycles. The van der Waals surface area contributed by atoms with Crippen LogP contribution in [0.3, 0.4) is 0 Å². The van der Waals surface area contributed by atoms with Gasteiger partial charge in [0.1, 0.15) is 10.8 Å². The average Bonchev–Trinajstić information content (AvgIpc) is 3.38. The van der Waals surface area contributed by atoms with E-state index < -0.39 is 0 Å². The first-order valence-corrected chi connectivity index (χ1v) is 12.6. The van der Waals surface area contributed by atoms with Gasteiger partial charge in [-0.05, 0) is 67.2 Å². The van der Waals surface area contributed by atoms with Gasteiger partial charge in [-0.1, -0.05) is 24.3 Å². The molecule has 5 rings (SSSR count). The maximum atomic E-state index is 6.31. The Morgan fingerprint density at radius 1 is 1.09 bits per heavy atom. The van der Waals surface area contributed by atoms with Gasteiger partial charge in [0.2, 0.25) is 0 Å². The summed E-state index contributed by atoms with van der Waals surface area (Å²) in [6.45, 7) is 2.10. The van der Waals surface area contributed by atoms with Gasteiger partial charge in [0.25, 0.3) is 11.0 Å². The number of aromatic nitrogens is 3. The van der Waals surface area contributed by atoms with Crippen molar-refractivity contribution in [2.75, 3.05) is 14.1 Å². The van der Waals surface area contributed by atoms with Gasteiger partial charge < -0.3 is 9.64 Å². The van der Waals surface area contributed by atoms with Gasteiger partial charge in [-0.2, -0.15) is 0 Å². The number of imidazole rings is 1. The molecule has 35 heavy (non-hydrogen) atoms. The summed E-state index contributed by atoms with van der Waals surface area (Å²) in [7, 11) is 7.95. The number of nitrogens with zero attached hydrogens (tertiary/aromatic N) is 4. The highest BCUT2D eigenvalue weighted by Crippen LogP contribution is 2.39. The third-order valence-corrected chi connectivity index (χ3v) is 7.56. The molecule has 0 bridgehead atoms. The van der Waals surface area contributed by atoms with E-state index in [1.54, 1.807) is 16.2 Å². The number of hydrogen-bond donors (Lipinski definition) is 0. The van der Waals surface area contributed by atoms with E-state index in [1.165, 1.54) is 11.0 Å². The van der Waals surface area contributed by atoms with E-state index in [4.69, 9.17) is 21.9 Å². The first-order valence-electron chi connectivity index (χ1n) is 11.3. The number of fused-ring (bicyclic) bond motifs is 2. The maximum absolute atomic E-state index is 6.31. The van der Waals surface area contributed by atoms with Crippen LogP contribution in [0.5, 0.6) is 5.75 Å². The molecule has 0 aliphatic rings. The SMILES string of the molecule is Cc1cc(/C=C/c2n(C)c3ccccc3[n+]2C)c(OC(=S)N(C)C)c(-c2nc3ccccc3s2)c1. The van der Waals surface area contributed by atoms with Gasteiger partial charge in [-0.15, -0.1) is 11.3 Å². The maximum Gasteiger partial charge on any atom is 0.281 e. The fourth-order valence-electron chi connectivity index (χ4n) is 4.25. The van der Waals surface area contributed by atoms with Crippen LogP contribution < -0.4 is 9.30 Å². The molecule has 0 aliphatic carbocycles. The van der Waals surface area contributed by atoms with Gasteiger partial charge in [0.05, 0.1) is 29.9 Å². The van der Waals surface area contributed by atoms with Crippen LogP contribution in [0, 0.1) is 6.92 Å². The van der Waals surface area contributed by atoms with Crippen molar-refractivity contribution in [3.63, 3.8) is 0 Å². The zero-order chi connectivity index (χ0) is 24.7. The third-order valence-electron chi connectivity index (χ3n) is 6.04. The molecule has 176 valence electrons. The Morgan fingerprint density at radius 2 is 1.83 bits per heavy atom. The Balaban J connectivity index is 1.67. The lowest BCUT2D eigenvalue weighted by molar-refractivity contribution is -0.647. The van der Waals surface area contributed by atoms with E-state index in [-0.39, 0.29) is 0 Å². The van der Waals surface area contributed by atoms with Crippen LogP contribution in [-0.4, -0.2) is 33.7 Å². The van der Waals surface area contributed by atoms with Gasteiger partial charge in [0.15, 0.2) is 11.0 Å². The minimum absolute atomic E-state index is 0.404. The number of benzene rings is 3. The Hall–Kier alpha value is -3.55. The number of hydrogen-bond acceptors (Lipinski definition) is 4. The fraction of sp³-hybridized carbons (Fsp3) is 0.179. The lowest BCUT2D eigenvalue weighted by Gasteiger charge is -2.18. The Bertz CT molecular complexity index is 1540. The van der Waals surface area contributed by atoms with E-state index in [2.05, 4.69) is 84.8 Å². The summed E-state index contributed by atoms with van der Waals surface area (Å²) in [5.41, 5.74) is 6.36. The van der Waals surface area contributed by atoms with E-state index in [0.29, 0.717) is 10.9 Å². The van der Waals surface area contributed by atoms with Crippen molar-refractivity contribution in [1.29, 1.82) is 0 Å². The third kappa shape index (κ3) is 4.33. The van der Waals surface area contributed by atoms with Gasteiger partial charge in [-0.3, -0.25) is 0 Å². The standard InChI is InChI=1S/C28H27N4OS2/c1-18-16-19(14-15-25-31(4)22-11-7-8-12-23(22)32(25)5)26(33-28(34)30(2)3)20(17-18)27-29-21-10-6-9-13-24(21)35-27/h6-17H,1-5H3/q+1/b15-14+. The molecule has 2 aromatic heterocycles. The predicted octanol–water partition coefficient (Wildman–Crippen LogP) is 5.98. The molecule has 0 unspecified atom stereocenters. The summed E-state index contributed by atoms with van der Waals surface area (Å²) in [4.78, 5) is 6.70. The van der Waals surface area contributed by atoms with Crippen molar-refractivity contribution in [1.82, 2.24) is 14.5 Å². The Labute approximate surface area is 214 Å². The number of para-hydroxylation sites is 3. The molecular weight excluding hydrogens is 472 g/mol. The van der Waals surface area contributed by atoms with Crippen LogP contribution in [0.15, 0.2) is 60.7 Å². The zero-order valence-electron chi connectivity index (χ0n) is 20.4. The summed E-state index contributed by atoms with van der Waals surface area (Å²) in [6.07, 6.45) is 4.23. The summed E-state index contributed by atoms with van der Waals surface area (Å²) in [5.74, 6) is 1.79. The first-order chi connectivity index (χ1) is 16.8. The zero-order valence-corrected chi connectivity index (χ0v) is 22.1. The van der Waals surface area contributed by atoms with Crippen molar-refractivity contribution in [3.8, 4) is 16.3 Å². The largest absolute Gasteiger partial charge is 0.430 e. The second kappa shape index (κ2) is 9.24. The number of rotatable bonds is 4. The molecule has 0 fully saturated rings. The molecular formula is C28H27N4OS2+. The monoisotopic (exact) mass is 499 g/mol. The molecule has 5 aromatic rings. The molecule has 0 aliphatic heterocycles. The van der Waals surface area contributed by atoms with Gasteiger partial charge >= 0.3 is 0 Å². The average molecular weight is 500 g/mol. The van der Waals surface area contributed by atoms with Crippen molar-refractivity contribution >= 4 is 62.1 Å². The number of thiazole rings is 1. The van der Waals surface area contributed by atoms with E-state index in [1.807, 2.05) is 32.3 Å². The molecule has 2 heterocycles. The number of thiocarbonyl (C=S) groups is 1. The minimum Gasteiger partial charge on any atom is -0.430 e. The van der Waals surface area contributed by atoms with Crippen molar-refractivity contribution in [2.24, 2.45) is 14.1 Å². The fourth-order valence-corrected chi connectivity index (χ4v) is 5.32. The highest BCUT2D eigenvalue weighted by molar-refractivity contribution is 7.80. The van der Waals surface area contributed by atoms with Crippen LogP contribution in [0.25, 0.3) is 44.0 Å². The topological polar surface area (TPSA) is 34.2 Å². The van der Waals surface area contributed by atoms with Crippen molar-refractivity contribution in [2.45, 2.75) is 6.92 Å². The first kappa shape index (κ1) is 23.2. The number of ether oxygens (including phenoxy) is 1. The molecule has 7 heteroatoms. The Morgan fingerprint density at radius 3 is 2.57 bits per heavy atom. The molecule has 0 N–H and O–H groups in total. The smallest absolute Gasteiger partial charge is 0.281 e. The van der Waals surface area contributed by atoms with Gasteiger partial charge in [-0.25, -0.2) is 14.1 Å². The second-order valence-corrected chi connectivity index (χ2v) is 10.2. The lowest BCUT2D eigenvalue weighted by Crippen LogP contribution is -2.30. The molecule has 0 saturated carbocycles. The van der Waals surface area contributed by atoms with E-state index >= 15 is 0 Å². The summed E-state index contributed by atoms with van der Waals surface area (Å²) in [6, 6.07) is 20.8. The van der Waals surface area contributed by atoms with Gasteiger partial charge in [0, 0.05) is 25.7 Å². The van der Waals surface area contributed by atoms with Crippen LogP contribution in [0.4, 0.5) is 0 Å². The number of aryl methyl sites for hydroxylation is 3. The minimum atomic E-state index is 0.404. The summed E-state index contributed by atoms with van der Waals surface area (Å²) < 4.78 is 11.8. The van der Waals surface area contributed by atoms with E-state index in [0.717, 1.165) is 37.7 Å². The summed E-state index contributed by atoms with van der Waals surface area (Å²) in [5, 5.41) is 1.32. The lowest BCUT2D eigenvalue weighted by atomic mass is 10.0. The molecule has 5 nitrogen and oxygen atoms in total. The molecule has 0 spiro atoms. The molecule has 0 radical (unpaired) electrons. The molecule has 0 saturated heterocycles. The quantitative estimate of drug-likeness (QED) is 0.225. The highest BCUT2D eigenvalue weighted by Gasteiger charge is 2.20. The predicted molar refractivity (Wildman–Crippen MR) is 150 cm³/mol. The van der Waals surface area contributed by atoms with E-state index in [9.17, 15) is 0 Å². The normalized spacial score (nSPS) is 11.6. The molecule has 0 atom stereocenters. The highest BCUT2D eigenvalue weighted by atomic mass is 32.1. The van der Waals surface area contributed by atoms with Crippen LogP contribution in [0.1, 0.15) is 17.0 Å². The van der Waals surface area contributed by atoms with Crippen molar-refractivity contribution < 1.29 is 9.30 Å². The van der Waals surface area contributed by atoms with Crippen LogP contribution >= 0.6 is 23.6 Å². The van der Waals surface area contributed by atoms with Crippen molar-refractivity contribution in [3.05, 3.63) is 77.6 Å². The molecule has 0 amide bonds. The van der Waals surface area contributed by atoms with Crippen LogP contribution in [-0.2, 0) is 14.1 Å².